The van der Waals surface area contributed by atoms with Gasteiger partial charge in [0.2, 0.25) is 0 Å². The minimum absolute atomic E-state index is 0.208. The first-order valence-corrected chi connectivity index (χ1v) is 8.32. The van der Waals surface area contributed by atoms with Gasteiger partial charge in [0.1, 0.15) is 11.6 Å². The van der Waals surface area contributed by atoms with Crippen LogP contribution < -0.4 is 5.73 Å². The molecule has 2 N–H and O–H groups in total. The van der Waals surface area contributed by atoms with Crippen LogP contribution in [0.3, 0.4) is 0 Å². The number of hydrogen-bond donors (Lipinski definition) is 1. The number of oxime groups is 1. The van der Waals surface area contributed by atoms with Gasteiger partial charge in [-0.05, 0) is 38.8 Å². The van der Waals surface area contributed by atoms with E-state index in [9.17, 15) is 0 Å². The zero-order valence-electron chi connectivity index (χ0n) is 14.3. The van der Waals surface area contributed by atoms with Crippen molar-refractivity contribution in [1.82, 2.24) is 4.90 Å². The highest BCUT2D eigenvalue weighted by molar-refractivity contribution is 5.81. The molecule has 4 heteroatoms. The molecule has 1 aliphatic heterocycles. The summed E-state index contributed by atoms with van der Waals surface area (Å²) in [6.45, 7) is 11.4. The number of allylic oxidation sites excluding steroid dienone is 1. The predicted octanol–water partition coefficient (Wildman–Crippen LogP) is 3.74. The summed E-state index contributed by atoms with van der Waals surface area (Å²) in [5.74, 6) is 2.13. The maximum Gasteiger partial charge on any atom is 0.142 e. The highest BCUT2D eigenvalue weighted by Crippen LogP contribution is 2.29. The fraction of sp³-hybridized carbons (Fsp3) is 0.824. The van der Waals surface area contributed by atoms with Crippen LogP contribution >= 0.6 is 0 Å². The molecular formula is C17H33N3O. The fourth-order valence-corrected chi connectivity index (χ4v) is 2.80. The van der Waals surface area contributed by atoms with Crippen molar-refractivity contribution >= 4 is 5.84 Å². The van der Waals surface area contributed by atoms with Crippen LogP contribution in [0.5, 0.6) is 0 Å². The number of rotatable bonds is 8. The number of likely N-dealkylation sites (tertiary alicyclic amines) is 1. The molecule has 1 fully saturated rings. The molecule has 0 radical (unpaired) electrons. The molecule has 21 heavy (non-hydrogen) atoms. The summed E-state index contributed by atoms with van der Waals surface area (Å²) < 4.78 is 0. The first-order chi connectivity index (χ1) is 9.93. The number of nitrogens with zero attached hydrogens (tertiary/aromatic N) is 2. The van der Waals surface area contributed by atoms with Crippen molar-refractivity contribution < 1.29 is 4.84 Å². The van der Waals surface area contributed by atoms with Gasteiger partial charge in [0.25, 0.3) is 0 Å². The van der Waals surface area contributed by atoms with E-state index < -0.39 is 0 Å². The van der Waals surface area contributed by atoms with Gasteiger partial charge < -0.3 is 15.5 Å². The lowest BCUT2D eigenvalue weighted by molar-refractivity contribution is 0.117. The van der Waals surface area contributed by atoms with Gasteiger partial charge in [-0.2, -0.15) is 0 Å². The van der Waals surface area contributed by atoms with E-state index in [2.05, 4.69) is 30.6 Å². The van der Waals surface area contributed by atoms with Crippen LogP contribution in [0.4, 0.5) is 0 Å². The van der Waals surface area contributed by atoms with Gasteiger partial charge in [0.05, 0.1) is 0 Å². The second kappa shape index (κ2) is 9.08. The third kappa shape index (κ3) is 6.51. The van der Waals surface area contributed by atoms with E-state index in [0.717, 1.165) is 12.2 Å². The van der Waals surface area contributed by atoms with Crippen LogP contribution in [0.1, 0.15) is 59.3 Å². The Labute approximate surface area is 130 Å². The monoisotopic (exact) mass is 295 g/mol. The Morgan fingerprint density at radius 3 is 2.81 bits per heavy atom. The molecule has 1 aliphatic rings. The molecule has 0 spiro atoms. The van der Waals surface area contributed by atoms with Gasteiger partial charge in [-0.1, -0.05) is 45.3 Å². The van der Waals surface area contributed by atoms with Crippen LogP contribution in [0, 0.1) is 11.8 Å². The third-order valence-electron chi connectivity index (χ3n) is 4.40. The molecule has 2 atom stereocenters. The standard InChI is InChI=1S/C17H33N3O/c1-6-7-8-16-12-15(9-10-20(16)5)11-14(4)21-19-17(18)13(2)3/h13,15-16H,4,6-12H2,1-3,5H3,(H2,18,19). The highest BCUT2D eigenvalue weighted by Gasteiger charge is 2.26. The zero-order chi connectivity index (χ0) is 15.8. The Balaban J connectivity index is 2.40. The van der Waals surface area contributed by atoms with E-state index in [4.69, 9.17) is 10.6 Å². The highest BCUT2D eigenvalue weighted by atomic mass is 16.6. The topological polar surface area (TPSA) is 50.8 Å². The van der Waals surface area contributed by atoms with E-state index in [1.165, 1.54) is 38.6 Å². The van der Waals surface area contributed by atoms with Crippen LogP contribution in [0.2, 0.25) is 0 Å². The average Bonchev–Trinajstić information content (AvgIpc) is 2.45. The van der Waals surface area contributed by atoms with Gasteiger partial charge in [-0.25, -0.2) is 0 Å². The van der Waals surface area contributed by atoms with Crippen molar-refractivity contribution in [1.29, 1.82) is 0 Å². The molecule has 0 saturated carbocycles. The Kier molecular flexibility index (Phi) is 7.79. The molecule has 0 aromatic heterocycles. The maximum absolute atomic E-state index is 5.77. The zero-order valence-corrected chi connectivity index (χ0v) is 14.3. The van der Waals surface area contributed by atoms with Gasteiger partial charge in [-0.15, -0.1) is 0 Å². The quantitative estimate of drug-likeness (QED) is 0.321. The lowest BCUT2D eigenvalue weighted by Gasteiger charge is -2.37. The molecule has 122 valence electrons. The summed E-state index contributed by atoms with van der Waals surface area (Å²) in [6, 6.07) is 0.709. The largest absolute Gasteiger partial charge is 0.384 e. The van der Waals surface area contributed by atoms with Gasteiger partial charge in [-0.3, -0.25) is 0 Å². The first kappa shape index (κ1) is 18.0. The SMILES string of the molecule is C=C(CC1CCN(C)C(CCCC)C1)ON=C(N)C(C)C. The van der Waals surface area contributed by atoms with Crippen LogP contribution in [-0.4, -0.2) is 30.4 Å². The van der Waals surface area contributed by atoms with Gasteiger partial charge in [0.15, 0.2) is 0 Å². The molecular weight excluding hydrogens is 262 g/mol. The van der Waals surface area contributed by atoms with Crippen LogP contribution in [0.15, 0.2) is 17.5 Å². The lowest BCUT2D eigenvalue weighted by atomic mass is 9.86. The number of piperidine rings is 1. The average molecular weight is 295 g/mol. The van der Waals surface area contributed by atoms with E-state index in [-0.39, 0.29) is 5.92 Å². The second-order valence-corrected chi connectivity index (χ2v) is 6.67. The van der Waals surface area contributed by atoms with Crippen molar-refractivity contribution in [3.8, 4) is 0 Å². The maximum atomic E-state index is 5.77. The molecule has 0 bridgehead atoms. The van der Waals surface area contributed by atoms with E-state index in [1.807, 2.05) is 13.8 Å². The summed E-state index contributed by atoms with van der Waals surface area (Å²) >= 11 is 0. The second-order valence-electron chi connectivity index (χ2n) is 6.67. The molecule has 0 aliphatic carbocycles. The van der Waals surface area contributed by atoms with E-state index in [0.29, 0.717) is 17.8 Å². The summed E-state index contributed by atoms with van der Waals surface area (Å²) in [6.07, 6.45) is 7.23. The van der Waals surface area contributed by atoms with Gasteiger partial charge in [0, 0.05) is 18.4 Å². The van der Waals surface area contributed by atoms with Crippen molar-refractivity contribution in [3.05, 3.63) is 12.3 Å². The Hall–Kier alpha value is -1.03. The van der Waals surface area contributed by atoms with Crippen molar-refractivity contribution in [2.45, 2.75) is 65.3 Å². The smallest absolute Gasteiger partial charge is 0.142 e. The molecule has 0 aromatic rings. The summed E-state index contributed by atoms with van der Waals surface area (Å²) in [5.41, 5.74) is 5.77. The van der Waals surface area contributed by atoms with Crippen molar-refractivity contribution in [3.63, 3.8) is 0 Å². The minimum Gasteiger partial charge on any atom is -0.384 e. The first-order valence-electron chi connectivity index (χ1n) is 8.32. The Morgan fingerprint density at radius 2 is 2.19 bits per heavy atom. The fourth-order valence-electron chi connectivity index (χ4n) is 2.80. The minimum atomic E-state index is 0.208. The van der Waals surface area contributed by atoms with Crippen LogP contribution in [0.25, 0.3) is 0 Å². The summed E-state index contributed by atoms with van der Waals surface area (Å²) in [5, 5.41) is 3.96. The number of nitrogens with two attached hydrogens (primary N) is 1. The van der Waals surface area contributed by atoms with Gasteiger partial charge >= 0.3 is 0 Å². The Morgan fingerprint density at radius 1 is 1.48 bits per heavy atom. The van der Waals surface area contributed by atoms with E-state index in [1.54, 1.807) is 0 Å². The van der Waals surface area contributed by atoms with Crippen LogP contribution in [-0.2, 0) is 4.84 Å². The lowest BCUT2D eigenvalue weighted by Crippen LogP contribution is -2.39. The number of hydrogen-bond acceptors (Lipinski definition) is 3. The van der Waals surface area contributed by atoms with E-state index >= 15 is 0 Å². The van der Waals surface area contributed by atoms with Crippen molar-refractivity contribution in [2.75, 3.05) is 13.6 Å². The molecule has 2 unspecified atom stereocenters. The Bertz CT molecular complexity index is 352. The molecule has 4 nitrogen and oxygen atoms in total. The number of amidine groups is 1. The predicted molar refractivity (Wildman–Crippen MR) is 90.0 cm³/mol. The molecule has 0 amide bonds. The molecule has 0 aromatic carbocycles. The van der Waals surface area contributed by atoms with Crippen molar-refractivity contribution in [2.24, 2.45) is 22.7 Å². The molecule has 1 heterocycles. The summed E-state index contributed by atoms with van der Waals surface area (Å²) in [7, 11) is 2.25. The summed E-state index contributed by atoms with van der Waals surface area (Å²) in [4.78, 5) is 7.87. The third-order valence-corrected chi connectivity index (χ3v) is 4.40. The number of unbranched alkanes of at least 4 members (excludes halogenated alkanes) is 1. The molecule has 1 saturated heterocycles. The molecule has 1 rings (SSSR count). The normalized spacial score (nSPS) is 24.3.